The van der Waals surface area contributed by atoms with Gasteiger partial charge in [-0.05, 0) is 54.2 Å². The molecule has 0 aromatic heterocycles. The van der Waals surface area contributed by atoms with Crippen LogP contribution >= 0.6 is 15.9 Å². The van der Waals surface area contributed by atoms with E-state index < -0.39 is 0 Å². The fourth-order valence-electron chi connectivity index (χ4n) is 2.77. The Labute approximate surface area is 149 Å². The molecule has 0 aliphatic heterocycles. The standard InChI is InChI=1S/C19H19BrN2O2/c1-2-12-6-8-13(9-7-12)18(23)21-22-19(24)17-11-16(17)14-4-3-5-15(20)10-14/h3-10,16-17H,2,11H2,1H3,(H,21,23)(H,22,24). The number of hydrogen-bond donors (Lipinski definition) is 2. The predicted octanol–water partition coefficient (Wildman–Crippen LogP) is 3.58. The van der Waals surface area contributed by atoms with Crippen LogP contribution in [0.15, 0.2) is 53.0 Å². The van der Waals surface area contributed by atoms with Gasteiger partial charge in [-0.1, -0.05) is 47.1 Å². The zero-order valence-electron chi connectivity index (χ0n) is 13.4. The van der Waals surface area contributed by atoms with Gasteiger partial charge in [-0.15, -0.1) is 0 Å². The summed E-state index contributed by atoms with van der Waals surface area (Å²) in [5.41, 5.74) is 7.88. The Kier molecular flexibility index (Phi) is 5.00. The number of nitrogens with one attached hydrogen (secondary N) is 2. The van der Waals surface area contributed by atoms with Gasteiger partial charge in [-0.25, -0.2) is 0 Å². The molecule has 1 fully saturated rings. The monoisotopic (exact) mass is 386 g/mol. The van der Waals surface area contributed by atoms with E-state index in [9.17, 15) is 9.59 Å². The second-order valence-electron chi connectivity index (χ2n) is 6.00. The van der Waals surface area contributed by atoms with E-state index in [1.54, 1.807) is 12.1 Å². The number of hydrogen-bond acceptors (Lipinski definition) is 2. The highest BCUT2D eigenvalue weighted by molar-refractivity contribution is 9.10. The summed E-state index contributed by atoms with van der Waals surface area (Å²) < 4.78 is 1.01. The van der Waals surface area contributed by atoms with Crippen LogP contribution in [0.2, 0.25) is 0 Å². The second kappa shape index (κ2) is 7.18. The molecule has 24 heavy (non-hydrogen) atoms. The first-order chi connectivity index (χ1) is 11.6. The van der Waals surface area contributed by atoms with E-state index >= 15 is 0 Å². The Bertz CT molecular complexity index is 758. The summed E-state index contributed by atoms with van der Waals surface area (Å²) in [6, 6.07) is 15.4. The molecule has 0 saturated heterocycles. The van der Waals surface area contributed by atoms with Gasteiger partial charge in [0.15, 0.2) is 0 Å². The van der Waals surface area contributed by atoms with Crippen LogP contribution in [-0.2, 0) is 11.2 Å². The van der Waals surface area contributed by atoms with E-state index in [4.69, 9.17) is 0 Å². The van der Waals surface area contributed by atoms with Crippen molar-refractivity contribution in [2.24, 2.45) is 5.92 Å². The van der Waals surface area contributed by atoms with Gasteiger partial charge < -0.3 is 0 Å². The van der Waals surface area contributed by atoms with Crippen molar-refractivity contribution in [3.63, 3.8) is 0 Å². The van der Waals surface area contributed by atoms with Crippen molar-refractivity contribution >= 4 is 27.7 Å². The van der Waals surface area contributed by atoms with Gasteiger partial charge >= 0.3 is 0 Å². The average Bonchev–Trinajstić information content (AvgIpc) is 3.40. The van der Waals surface area contributed by atoms with Gasteiger partial charge in [0.05, 0.1) is 0 Å². The highest BCUT2D eigenvalue weighted by atomic mass is 79.9. The summed E-state index contributed by atoms with van der Waals surface area (Å²) in [5.74, 6) is -0.297. The molecule has 3 rings (SSSR count). The molecule has 2 atom stereocenters. The topological polar surface area (TPSA) is 58.2 Å². The molecule has 2 unspecified atom stereocenters. The number of amides is 2. The maximum absolute atomic E-state index is 12.2. The SMILES string of the molecule is CCc1ccc(C(=O)NNC(=O)C2CC2c2cccc(Br)c2)cc1. The molecule has 1 aliphatic carbocycles. The van der Waals surface area contributed by atoms with Gasteiger partial charge in [-0.2, -0.15) is 0 Å². The molecule has 2 aromatic carbocycles. The number of carbonyl (C=O) groups excluding carboxylic acids is 2. The highest BCUT2D eigenvalue weighted by Gasteiger charge is 2.44. The Hall–Kier alpha value is -2.14. The van der Waals surface area contributed by atoms with Crippen LogP contribution in [0.1, 0.15) is 40.7 Å². The second-order valence-corrected chi connectivity index (χ2v) is 6.91. The van der Waals surface area contributed by atoms with Crippen LogP contribution in [0.4, 0.5) is 0 Å². The fourth-order valence-corrected chi connectivity index (χ4v) is 3.18. The summed E-state index contributed by atoms with van der Waals surface area (Å²) in [4.78, 5) is 24.2. The number of aryl methyl sites for hydroxylation is 1. The predicted molar refractivity (Wildman–Crippen MR) is 96.4 cm³/mol. The quantitative estimate of drug-likeness (QED) is 0.788. The van der Waals surface area contributed by atoms with Crippen molar-refractivity contribution in [1.82, 2.24) is 10.9 Å². The van der Waals surface area contributed by atoms with E-state index in [2.05, 4.69) is 33.7 Å². The molecule has 1 aliphatic rings. The van der Waals surface area contributed by atoms with Crippen molar-refractivity contribution < 1.29 is 9.59 Å². The normalized spacial score (nSPS) is 18.8. The molecule has 0 bridgehead atoms. The highest BCUT2D eigenvalue weighted by Crippen LogP contribution is 2.47. The summed E-state index contributed by atoms with van der Waals surface area (Å²) in [7, 11) is 0. The molecular formula is C19H19BrN2O2. The Balaban J connectivity index is 1.52. The molecule has 2 N–H and O–H groups in total. The minimum atomic E-state index is -0.300. The van der Waals surface area contributed by atoms with Gasteiger partial charge in [-0.3, -0.25) is 20.4 Å². The molecule has 0 spiro atoms. The van der Waals surface area contributed by atoms with Crippen LogP contribution in [0.25, 0.3) is 0 Å². The molecular weight excluding hydrogens is 368 g/mol. The summed E-state index contributed by atoms with van der Waals surface area (Å²) >= 11 is 3.44. The zero-order valence-corrected chi connectivity index (χ0v) is 15.0. The molecule has 0 heterocycles. The first kappa shape index (κ1) is 16.7. The molecule has 2 amide bonds. The molecule has 0 radical (unpaired) electrons. The lowest BCUT2D eigenvalue weighted by atomic mass is 10.1. The van der Waals surface area contributed by atoms with Gasteiger partial charge in [0.2, 0.25) is 5.91 Å². The van der Waals surface area contributed by atoms with Crippen molar-refractivity contribution in [2.45, 2.75) is 25.7 Å². The Morgan fingerprint density at radius 3 is 2.54 bits per heavy atom. The number of hydrazine groups is 1. The smallest absolute Gasteiger partial charge is 0.269 e. The lowest BCUT2D eigenvalue weighted by Gasteiger charge is -2.08. The summed E-state index contributed by atoms with van der Waals surface area (Å²) in [6.45, 7) is 2.06. The van der Waals surface area contributed by atoms with E-state index in [0.29, 0.717) is 5.56 Å². The molecule has 2 aromatic rings. The van der Waals surface area contributed by atoms with Crippen molar-refractivity contribution in [1.29, 1.82) is 0 Å². The average molecular weight is 387 g/mol. The first-order valence-electron chi connectivity index (χ1n) is 8.03. The minimum Gasteiger partial charge on any atom is -0.273 e. The fraction of sp³-hybridized carbons (Fsp3) is 0.263. The molecule has 124 valence electrons. The van der Waals surface area contributed by atoms with Crippen LogP contribution < -0.4 is 10.9 Å². The third-order valence-electron chi connectivity index (χ3n) is 4.33. The number of halogens is 1. The first-order valence-corrected chi connectivity index (χ1v) is 8.82. The van der Waals surface area contributed by atoms with E-state index in [1.807, 2.05) is 36.4 Å². The van der Waals surface area contributed by atoms with Crippen molar-refractivity contribution in [3.8, 4) is 0 Å². The van der Waals surface area contributed by atoms with Gasteiger partial charge in [0.1, 0.15) is 0 Å². The number of rotatable bonds is 4. The maximum atomic E-state index is 12.2. The molecule has 4 nitrogen and oxygen atoms in total. The van der Waals surface area contributed by atoms with E-state index in [0.717, 1.165) is 22.9 Å². The van der Waals surface area contributed by atoms with Crippen molar-refractivity contribution in [2.75, 3.05) is 0 Å². The maximum Gasteiger partial charge on any atom is 0.269 e. The summed E-state index contributed by atoms with van der Waals surface area (Å²) in [5, 5.41) is 0. The number of benzene rings is 2. The van der Waals surface area contributed by atoms with Crippen LogP contribution in [0, 0.1) is 5.92 Å². The third kappa shape index (κ3) is 3.85. The van der Waals surface area contributed by atoms with Crippen LogP contribution in [0.3, 0.4) is 0 Å². The lowest BCUT2D eigenvalue weighted by Crippen LogP contribution is -2.42. The molecule has 1 saturated carbocycles. The number of carbonyl (C=O) groups is 2. The van der Waals surface area contributed by atoms with Crippen molar-refractivity contribution in [3.05, 3.63) is 69.7 Å². The van der Waals surface area contributed by atoms with E-state index in [-0.39, 0.29) is 23.7 Å². The lowest BCUT2D eigenvalue weighted by molar-refractivity contribution is -0.123. The third-order valence-corrected chi connectivity index (χ3v) is 4.82. The largest absolute Gasteiger partial charge is 0.273 e. The van der Waals surface area contributed by atoms with Gasteiger partial charge in [0, 0.05) is 16.0 Å². The van der Waals surface area contributed by atoms with E-state index in [1.165, 1.54) is 5.56 Å². The Morgan fingerprint density at radius 2 is 1.88 bits per heavy atom. The van der Waals surface area contributed by atoms with Gasteiger partial charge in [0.25, 0.3) is 5.91 Å². The van der Waals surface area contributed by atoms with Crippen LogP contribution in [-0.4, -0.2) is 11.8 Å². The Morgan fingerprint density at radius 1 is 1.12 bits per heavy atom. The zero-order chi connectivity index (χ0) is 17.1. The molecule has 5 heteroatoms. The summed E-state index contributed by atoms with van der Waals surface area (Å²) in [6.07, 6.45) is 1.74. The minimum absolute atomic E-state index is 0.0814. The van der Waals surface area contributed by atoms with Crippen LogP contribution in [0.5, 0.6) is 0 Å².